The summed E-state index contributed by atoms with van der Waals surface area (Å²) >= 11 is 0. The Bertz CT molecular complexity index is 789. The lowest BCUT2D eigenvalue weighted by atomic mass is 9.82. The second kappa shape index (κ2) is 4.48. The molecular weight excluding hydrogens is 245 g/mol. The number of aromatic nitrogens is 3. The molecule has 0 spiro atoms. The lowest BCUT2D eigenvalue weighted by Crippen LogP contribution is -2.21. The molecule has 20 heavy (non-hydrogen) atoms. The zero-order valence-corrected chi connectivity index (χ0v) is 12.2. The van der Waals surface area contributed by atoms with Gasteiger partial charge in [-0.1, -0.05) is 28.4 Å². The summed E-state index contributed by atoms with van der Waals surface area (Å²) in [6.07, 6.45) is 0. The Hall–Kier alpha value is -2.10. The number of rotatable bonds is 1. The first-order valence-electron chi connectivity index (χ1n) is 6.69. The third-order valence-corrected chi connectivity index (χ3v) is 4.27. The van der Waals surface area contributed by atoms with Gasteiger partial charge in [0.25, 0.3) is 0 Å². The summed E-state index contributed by atoms with van der Waals surface area (Å²) in [5, 5.41) is 8.50. The monoisotopic (exact) mass is 261 g/mol. The number of hydrogen-bond acceptors (Lipinski definition) is 2. The molecule has 3 rings (SSSR count). The highest BCUT2D eigenvalue weighted by Gasteiger charge is 2.16. The van der Waals surface area contributed by atoms with Gasteiger partial charge in [-0.25, -0.2) is 4.68 Å². The van der Waals surface area contributed by atoms with Gasteiger partial charge in [0.1, 0.15) is 13.4 Å². The van der Waals surface area contributed by atoms with Gasteiger partial charge in [-0.2, -0.15) is 0 Å². The second-order valence-electron chi connectivity index (χ2n) is 5.25. The van der Waals surface area contributed by atoms with Gasteiger partial charge < -0.3 is 0 Å². The van der Waals surface area contributed by atoms with Gasteiger partial charge in [-0.05, 0) is 56.5 Å². The molecule has 0 bridgehead atoms. The minimum absolute atomic E-state index is 0.779. The maximum atomic E-state index is 6.35. The van der Waals surface area contributed by atoms with E-state index in [0.29, 0.717) is 0 Å². The first-order chi connectivity index (χ1) is 9.52. The van der Waals surface area contributed by atoms with Crippen molar-refractivity contribution in [1.82, 2.24) is 15.0 Å². The molecule has 0 aliphatic carbocycles. The third kappa shape index (κ3) is 1.68. The van der Waals surface area contributed by atoms with E-state index in [1.165, 1.54) is 11.1 Å². The van der Waals surface area contributed by atoms with E-state index >= 15 is 0 Å². The Morgan fingerprint density at radius 3 is 2.30 bits per heavy atom. The van der Waals surface area contributed by atoms with Gasteiger partial charge >= 0.3 is 0 Å². The molecule has 98 valence electrons. The van der Waals surface area contributed by atoms with Crippen LogP contribution in [-0.2, 0) is 0 Å². The van der Waals surface area contributed by atoms with Crippen molar-refractivity contribution in [2.24, 2.45) is 0 Å². The van der Waals surface area contributed by atoms with E-state index in [1.807, 2.05) is 28.9 Å². The molecule has 0 aliphatic rings. The molecule has 3 nitrogen and oxygen atoms in total. The molecule has 0 aliphatic heterocycles. The number of nitrogens with zero attached hydrogens (tertiary/aromatic N) is 3. The third-order valence-electron chi connectivity index (χ3n) is 4.27. The highest BCUT2D eigenvalue weighted by molar-refractivity contribution is 6.36. The van der Waals surface area contributed by atoms with E-state index in [0.717, 1.165) is 33.3 Å². The predicted molar refractivity (Wildman–Crippen MR) is 83.2 cm³/mol. The minimum Gasteiger partial charge on any atom is -0.213 e. The van der Waals surface area contributed by atoms with Crippen molar-refractivity contribution in [3.8, 4) is 5.69 Å². The first kappa shape index (κ1) is 12.9. The van der Waals surface area contributed by atoms with Gasteiger partial charge in [0.05, 0.1) is 11.2 Å². The zero-order chi connectivity index (χ0) is 14.4. The van der Waals surface area contributed by atoms with Crippen LogP contribution in [0.1, 0.15) is 22.3 Å². The van der Waals surface area contributed by atoms with Crippen LogP contribution in [0.15, 0.2) is 24.3 Å². The quantitative estimate of drug-likeness (QED) is 0.630. The predicted octanol–water partition coefficient (Wildman–Crippen LogP) is 2.45. The van der Waals surface area contributed by atoms with Crippen LogP contribution < -0.4 is 5.46 Å². The number of benzene rings is 2. The zero-order valence-electron chi connectivity index (χ0n) is 12.2. The normalized spacial score (nSPS) is 11.2. The van der Waals surface area contributed by atoms with E-state index in [2.05, 4.69) is 38.0 Å². The van der Waals surface area contributed by atoms with E-state index in [4.69, 9.17) is 7.85 Å². The van der Waals surface area contributed by atoms with E-state index in [-0.39, 0.29) is 0 Å². The Labute approximate surface area is 120 Å². The standard InChI is InChI=1S/C16H16BN3/c1-9-10(2)12(4)16(15(17)11(9)3)20-14-8-6-5-7-13(14)18-19-20/h5-8H,1-4H3. The number of hydrogen-bond donors (Lipinski definition) is 0. The molecule has 0 amide bonds. The van der Waals surface area contributed by atoms with Gasteiger partial charge in [0.15, 0.2) is 0 Å². The Kier molecular flexibility index (Phi) is 2.89. The Balaban J connectivity index is 2.41. The van der Waals surface area contributed by atoms with Crippen molar-refractivity contribution in [2.75, 3.05) is 0 Å². The highest BCUT2D eigenvalue weighted by Crippen LogP contribution is 2.23. The van der Waals surface area contributed by atoms with Crippen molar-refractivity contribution in [1.29, 1.82) is 0 Å². The first-order valence-corrected chi connectivity index (χ1v) is 6.69. The lowest BCUT2D eigenvalue weighted by Gasteiger charge is -2.19. The van der Waals surface area contributed by atoms with Crippen LogP contribution in [0, 0.1) is 27.7 Å². The number of para-hydroxylation sites is 1. The smallest absolute Gasteiger partial charge is 0.117 e. The fourth-order valence-corrected chi connectivity index (χ4v) is 2.63. The van der Waals surface area contributed by atoms with E-state index in [9.17, 15) is 0 Å². The van der Waals surface area contributed by atoms with Crippen LogP contribution in [0.4, 0.5) is 0 Å². The Morgan fingerprint density at radius 2 is 1.55 bits per heavy atom. The summed E-state index contributed by atoms with van der Waals surface area (Å²) in [5.74, 6) is 0. The molecule has 0 unspecified atom stereocenters. The van der Waals surface area contributed by atoms with Crippen molar-refractivity contribution in [2.45, 2.75) is 27.7 Å². The molecule has 2 aromatic carbocycles. The maximum absolute atomic E-state index is 6.35. The highest BCUT2D eigenvalue weighted by atomic mass is 15.4. The molecule has 0 fully saturated rings. The summed E-state index contributed by atoms with van der Waals surface area (Å²) in [7, 11) is 6.35. The van der Waals surface area contributed by atoms with E-state index < -0.39 is 0 Å². The van der Waals surface area contributed by atoms with Gasteiger partial charge in [-0.3, -0.25) is 0 Å². The Morgan fingerprint density at radius 1 is 0.900 bits per heavy atom. The SMILES string of the molecule is [B]c1c(C)c(C)c(C)c(C)c1-n1nnc2ccccc21. The lowest BCUT2D eigenvalue weighted by molar-refractivity contribution is 0.820. The average molecular weight is 261 g/mol. The molecular formula is C16H16BN3. The van der Waals surface area contributed by atoms with Crippen LogP contribution >= 0.6 is 0 Å². The molecule has 1 aromatic heterocycles. The molecule has 0 saturated carbocycles. The molecule has 2 radical (unpaired) electrons. The minimum atomic E-state index is 0.779. The van der Waals surface area contributed by atoms with Gasteiger partial charge in [0.2, 0.25) is 0 Å². The fourth-order valence-electron chi connectivity index (χ4n) is 2.63. The largest absolute Gasteiger partial charge is 0.213 e. The molecule has 0 atom stereocenters. The van der Waals surface area contributed by atoms with Crippen molar-refractivity contribution in [3.63, 3.8) is 0 Å². The average Bonchev–Trinajstić information content (AvgIpc) is 2.87. The summed E-state index contributed by atoms with van der Waals surface area (Å²) < 4.78 is 1.85. The fraction of sp³-hybridized carbons (Fsp3) is 0.250. The van der Waals surface area contributed by atoms with Crippen LogP contribution in [0.2, 0.25) is 0 Å². The molecule has 0 saturated heterocycles. The maximum Gasteiger partial charge on any atom is 0.117 e. The molecule has 1 heterocycles. The molecule has 0 N–H and O–H groups in total. The summed E-state index contributed by atoms with van der Waals surface area (Å²) in [4.78, 5) is 0. The van der Waals surface area contributed by atoms with Crippen molar-refractivity contribution < 1.29 is 0 Å². The topological polar surface area (TPSA) is 30.7 Å². The number of fused-ring (bicyclic) bond motifs is 1. The molecule has 3 aromatic rings. The summed E-state index contributed by atoms with van der Waals surface area (Å²) in [5.41, 5.74) is 8.34. The van der Waals surface area contributed by atoms with Gasteiger partial charge in [0, 0.05) is 0 Å². The van der Waals surface area contributed by atoms with Crippen molar-refractivity contribution in [3.05, 3.63) is 46.5 Å². The van der Waals surface area contributed by atoms with Crippen molar-refractivity contribution >= 4 is 24.3 Å². The second-order valence-corrected chi connectivity index (χ2v) is 5.25. The van der Waals surface area contributed by atoms with Crippen LogP contribution in [0.3, 0.4) is 0 Å². The summed E-state index contributed by atoms with van der Waals surface area (Å²) in [6, 6.07) is 7.92. The van der Waals surface area contributed by atoms with Crippen LogP contribution in [0.25, 0.3) is 16.7 Å². The van der Waals surface area contributed by atoms with Crippen LogP contribution in [-0.4, -0.2) is 22.8 Å². The summed E-state index contributed by atoms with van der Waals surface area (Å²) in [6.45, 7) is 8.38. The van der Waals surface area contributed by atoms with E-state index in [1.54, 1.807) is 0 Å². The van der Waals surface area contributed by atoms with Crippen LogP contribution in [0.5, 0.6) is 0 Å². The van der Waals surface area contributed by atoms with Gasteiger partial charge in [-0.15, -0.1) is 5.10 Å². The molecule has 4 heteroatoms.